The first kappa shape index (κ1) is 11.6. The van der Waals surface area contributed by atoms with Crippen LogP contribution < -0.4 is 5.73 Å². The summed E-state index contributed by atoms with van der Waals surface area (Å²) in [6.45, 7) is 0. The summed E-state index contributed by atoms with van der Waals surface area (Å²) >= 11 is 5.50. The van der Waals surface area contributed by atoms with Crippen LogP contribution in [-0.2, 0) is 6.42 Å². The summed E-state index contributed by atoms with van der Waals surface area (Å²) in [6.07, 6.45) is 2.51. The fourth-order valence-electron chi connectivity index (χ4n) is 1.63. The highest BCUT2D eigenvalue weighted by atomic mass is 35.5. The molecule has 0 saturated heterocycles. The third kappa shape index (κ3) is 2.13. The topological polar surface area (TPSA) is 46.2 Å². The molecule has 0 unspecified atom stereocenters. The van der Waals surface area contributed by atoms with Gasteiger partial charge in [-0.25, -0.2) is 8.78 Å². The SMILES string of the molecule is NC1(CCc2c(F)cc(O)c(Cl)c2F)CC1. The molecule has 2 nitrogen and oxygen atoms in total. The molecule has 0 heterocycles. The first-order valence-corrected chi connectivity index (χ1v) is 5.45. The van der Waals surface area contributed by atoms with Crippen LogP contribution in [0.3, 0.4) is 0 Å². The zero-order valence-electron chi connectivity index (χ0n) is 8.56. The van der Waals surface area contributed by atoms with E-state index >= 15 is 0 Å². The number of benzene rings is 1. The van der Waals surface area contributed by atoms with Gasteiger partial charge >= 0.3 is 0 Å². The van der Waals surface area contributed by atoms with Gasteiger partial charge in [-0.15, -0.1) is 0 Å². The van der Waals surface area contributed by atoms with Crippen molar-refractivity contribution < 1.29 is 13.9 Å². The summed E-state index contributed by atoms with van der Waals surface area (Å²) < 4.78 is 26.9. The first-order chi connectivity index (χ1) is 7.43. The molecule has 1 fully saturated rings. The van der Waals surface area contributed by atoms with Gasteiger partial charge in [0.05, 0.1) is 0 Å². The van der Waals surface area contributed by atoms with Gasteiger partial charge in [0.25, 0.3) is 0 Å². The minimum Gasteiger partial charge on any atom is -0.506 e. The highest BCUT2D eigenvalue weighted by molar-refractivity contribution is 6.32. The van der Waals surface area contributed by atoms with Crippen molar-refractivity contribution in [2.24, 2.45) is 5.73 Å². The smallest absolute Gasteiger partial charge is 0.151 e. The van der Waals surface area contributed by atoms with Crippen LogP contribution in [0, 0.1) is 11.6 Å². The van der Waals surface area contributed by atoms with E-state index in [1.165, 1.54) is 0 Å². The minimum atomic E-state index is -0.886. The van der Waals surface area contributed by atoms with Crippen LogP contribution in [0.25, 0.3) is 0 Å². The van der Waals surface area contributed by atoms with E-state index in [4.69, 9.17) is 22.4 Å². The van der Waals surface area contributed by atoms with Crippen molar-refractivity contribution in [2.75, 3.05) is 0 Å². The summed E-state index contributed by atoms with van der Waals surface area (Å²) in [5, 5.41) is 8.68. The maximum absolute atomic E-state index is 13.5. The van der Waals surface area contributed by atoms with Gasteiger partial charge in [-0.3, -0.25) is 0 Å². The Morgan fingerprint density at radius 1 is 1.44 bits per heavy atom. The van der Waals surface area contributed by atoms with Crippen molar-refractivity contribution in [1.82, 2.24) is 0 Å². The lowest BCUT2D eigenvalue weighted by Crippen LogP contribution is -2.22. The Morgan fingerprint density at radius 3 is 2.62 bits per heavy atom. The van der Waals surface area contributed by atoms with Crippen molar-refractivity contribution in [1.29, 1.82) is 0 Å². The van der Waals surface area contributed by atoms with Crippen LogP contribution in [0.15, 0.2) is 6.07 Å². The number of phenolic OH excluding ortho intramolecular Hbond substituents is 1. The van der Waals surface area contributed by atoms with Crippen molar-refractivity contribution in [2.45, 2.75) is 31.2 Å². The third-order valence-electron chi connectivity index (χ3n) is 3.00. The molecule has 16 heavy (non-hydrogen) atoms. The molecule has 0 amide bonds. The molecule has 1 aliphatic rings. The number of hydrogen-bond donors (Lipinski definition) is 2. The largest absolute Gasteiger partial charge is 0.506 e. The van der Waals surface area contributed by atoms with Crippen LogP contribution in [-0.4, -0.2) is 10.6 Å². The Morgan fingerprint density at radius 2 is 2.06 bits per heavy atom. The maximum Gasteiger partial charge on any atom is 0.151 e. The summed E-state index contributed by atoms with van der Waals surface area (Å²) in [5.74, 6) is -2.23. The van der Waals surface area contributed by atoms with E-state index in [-0.39, 0.29) is 17.5 Å². The van der Waals surface area contributed by atoms with Crippen molar-refractivity contribution in [3.8, 4) is 5.75 Å². The zero-order chi connectivity index (χ0) is 11.9. The average molecular weight is 248 g/mol. The fraction of sp³-hybridized carbons (Fsp3) is 0.455. The lowest BCUT2D eigenvalue weighted by molar-refractivity contribution is 0.455. The second-order valence-electron chi connectivity index (χ2n) is 4.35. The van der Waals surface area contributed by atoms with E-state index in [1.54, 1.807) is 0 Å². The predicted molar refractivity (Wildman–Crippen MR) is 57.5 cm³/mol. The number of aromatic hydroxyl groups is 1. The minimum absolute atomic E-state index is 0.0977. The first-order valence-electron chi connectivity index (χ1n) is 5.07. The molecule has 1 aliphatic carbocycles. The summed E-state index contributed by atoms with van der Waals surface area (Å²) in [4.78, 5) is 0. The van der Waals surface area contributed by atoms with E-state index in [2.05, 4.69) is 0 Å². The Labute approximate surface area is 97.0 Å². The molecule has 0 aromatic heterocycles. The number of rotatable bonds is 3. The van der Waals surface area contributed by atoms with Crippen LogP contribution in [0.1, 0.15) is 24.8 Å². The van der Waals surface area contributed by atoms with Gasteiger partial charge in [0.15, 0.2) is 5.82 Å². The molecule has 0 atom stereocenters. The van der Waals surface area contributed by atoms with E-state index in [0.717, 1.165) is 18.9 Å². The number of halogens is 3. The summed E-state index contributed by atoms with van der Waals surface area (Å²) in [7, 11) is 0. The van der Waals surface area contributed by atoms with Gasteiger partial charge in [0.2, 0.25) is 0 Å². The second kappa shape index (κ2) is 3.86. The maximum atomic E-state index is 13.5. The van der Waals surface area contributed by atoms with Gasteiger partial charge in [-0.1, -0.05) is 11.6 Å². The molecule has 0 bridgehead atoms. The lowest BCUT2D eigenvalue weighted by atomic mass is 10.0. The molecule has 1 aromatic rings. The van der Waals surface area contributed by atoms with Gasteiger partial charge in [-0.2, -0.15) is 0 Å². The highest BCUT2D eigenvalue weighted by Crippen LogP contribution is 2.38. The van der Waals surface area contributed by atoms with Crippen molar-refractivity contribution in [3.05, 3.63) is 28.3 Å². The van der Waals surface area contributed by atoms with Crippen LogP contribution in [0.2, 0.25) is 5.02 Å². The molecular formula is C11H12ClF2NO. The second-order valence-corrected chi connectivity index (χ2v) is 4.72. The molecule has 0 radical (unpaired) electrons. The monoisotopic (exact) mass is 247 g/mol. The Bertz CT molecular complexity index is 432. The van der Waals surface area contributed by atoms with E-state index in [0.29, 0.717) is 6.42 Å². The quantitative estimate of drug-likeness (QED) is 0.807. The van der Waals surface area contributed by atoms with E-state index in [1.807, 2.05) is 0 Å². The molecule has 2 rings (SSSR count). The van der Waals surface area contributed by atoms with Gasteiger partial charge < -0.3 is 10.8 Å². The lowest BCUT2D eigenvalue weighted by Gasteiger charge is -2.11. The molecule has 1 saturated carbocycles. The predicted octanol–water partition coefficient (Wildman–Crippen LogP) is 2.75. The molecular weight excluding hydrogens is 236 g/mol. The molecule has 5 heteroatoms. The van der Waals surface area contributed by atoms with Crippen LogP contribution >= 0.6 is 11.6 Å². The molecule has 0 spiro atoms. The molecule has 88 valence electrons. The van der Waals surface area contributed by atoms with Crippen molar-refractivity contribution >= 4 is 11.6 Å². The zero-order valence-corrected chi connectivity index (χ0v) is 9.32. The number of nitrogens with two attached hydrogens (primary N) is 1. The Hall–Kier alpha value is -0.870. The third-order valence-corrected chi connectivity index (χ3v) is 3.36. The van der Waals surface area contributed by atoms with Gasteiger partial charge in [0.1, 0.15) is 16.6 Å². The van der Waals surface area contributed by atoms with E-state index < -0.39 is 22.4 Å². The fourth-order valence-corrected chi connectivity index (χ4v) is 1.80. The Kier molecular flexibility index (Phi) is 2.80. The molecule has 0 aliphatic heterocycles. The number of hydrogen-bond acceptors (Lipinski definition) is 2. The Balaban J connectivity index is 2.22. The number of phenols is 1. The van der Waals surface area contributed by atoms with Gasteiger partial charge in [0, 0.05) is 17.2 Å². The van der Waals surface area contributed by atoms with E-state index in [9.17, 15) is 8.78 Å². The van der Waals surface area contributed by atoms with Crippen LogP contribution in [0.5, 0.6) is 5.75 Å². The van der Waals surface area contributed by atoms with Crippen molar-refractivity contribution in [3.63, 3.8) is 0 Å². The van der Waals surface area contributed by atoms with Gasteiger partial charge in [-0.05, 0) is 25.7 Å². The molecule has 3 N–H and O–H groups in total. The standard InChI is InChI=1S/C11H12ClF2NO/c12-9-8(16)5-7(13)6(10(9)14)1-2-11(15)3-4-11/h5,16H,1-4,15H2. The highest BCUT2D eigenvalue weighted by Gasteiger charge is 2.37. The molecule has 1 aromatic carbocycles. The summed E-state index contributed by atoms with van der Waals surface area (Å²) in [5.41, 5.74) is 5.48. The normalized spacial score (nSPS) is 17.5. The summed E-state index contributed by atoms with van der Waals surface area (Å²) in [6, 6.07) is 0.830. The van der Waals surface area contributed by atoms with Crippen LogP contribution in [0.4, 0.5) is 8.78 Å². The average Bonchev–Trinajstić information content (AvgIpc) is 2.93.